The van der Waals surface area contributed by atoms with Crippen molar-refractivity contribution >= 4 is 17.5 Å². The van der Waals surface area contributed by atoms with Crippen LogP contribution in [0.4, 0.5) is 13.2 Å². The summed E-state index contributed by atoms with van der Waals surface area (Å²) in [4.78, 5) is 11.8. The molecule has 0 bridgehead atoms. The van der Waals surface area contributed by atoms with Gasteiger partial charge in [0.15, 0.2) is 11.6 Å². The molecule has 0 unspecified atom stereocenters. The van der Waals surface area contributed by atoms with Gasteiger partial charge in [0.05, 0.1) is 10.6 Å². The van der Waals surface area contributed by atoms with Crippen LogP contribution in [0, 0.1) is 17.5 Å². The molecule has 20 heavy (non-hydrogen) atoms. The molecule has 2 rings (SSSR count). The molecule has 2 aromatic carbocycles. The largest absolute Gasteiger partial charge is 0.348 e. The summed E-state index contributed by atoms with van der Waals surface area (Å²) in [5, 5.41) is 2.18. The Hall–Kier alpha value is -2.01. The number of hydrogen-bond donors (Lipinski definition) is 1. The Morgan fingerprint density at radius 3 is 2.40 bits per heavy atom. The van der Waals surface area contributed by atoms with Crippen LogP contribution in [0.3, 0.4) is 0 Å². The Balaban J connectivity index is 2.13. The quantitative estimate of drug-likeness (QED) is 0.861. The highest BCUT2D eigenvalue weighted by atomic mass is 35.5. The summed E-state index contributed by atoms with van der Waals surface area (Å²) >= 11 is 5.67. The van der Waals surface area contributed by atoms with Gasteiger partial charge in [-0.2, -0.15) is 0 Å². The van der Waals surface area contributed by atoms with Crippen LogP contribution in [0.1, 0.15) is 15.9 Å². The summed E-state index contributed by atoms with van der Waals surface area (Å²) in [7, 11) is 0. The Bertz CT molecular complexity index is 661. The van der Waals surface area contributed by atoms with Crippen molar-refractivity contribution in [3.63, 3.8) is 0 Å². The first-order valence-corrected chi connectivity index (χ1v) is 6.03. The molecule has 1 amide bonds. The number of benzene rings is 2. The van der Waals surface area contributed by atoms with Crippen LogP contribution >= 0.6 is 11.6 Å². The molecule has 0 heterocycles. The highest BCUT2D eigenvalue weighted by molar-refractivity contribution is 6.33. The normalized spacial score (nSPS) is 10.4. The van der Waals surface area contributed by atoms with Crippen molar-refractivity contribution in [3.05, 3.63) is 70.0 Å². The van der Waals surface area contributed by atoms with E-state index in [4.69, 9.17) is 11.6 Å². The van der Waals surface area contributed by atoms with E-state index in [1.54, 1.807) is 6.07 Å². The highest BCUT2D eigenvalue weighted by Gasteiger charge is 2.15. The number of nitrogens with one attached hydrogen (secondary N) is 1. The monoisotopic (exact) mass is 299 g/mol. The van der Waals surface area contributed by atoms with Gasteiger partial charge < -0.3 is 5.32 Å². The third-order valence-corrected chi connectivity index (χ3v) is 2.96. The van der Waals surface area contributed by atoms with Crippen molar-refractivity contribution in [2.45, 2.75) is 6.54 Å². The number of carbonyl (C=O) groups is 1. The van der Waals surface area contributed by atoms with Gasteiger partial charge in [-0.25, -0.2) is 13.2 Å². The molecular weight excluding hydrogens is 291 g/mol. The molecule has 2 aromatic rings. The van der Waals surface area contributed by atoms with Crippen molar-refractivity contribution in [3.8, 4) is 0 Å². The molecule has 1 N–H and O–H groups in total. The van der Waals surface area contributed by atoms with Crippen LogP contribution in [-0.2, 0) is 6.54 Å². The van der Waals surface area contributed by atoms with E-state index >= 15 is 0 Å². The summed E-state index contributed by atoms with van der Waals surface area (Å²) in [5.41, 5.74) is 0.0708. The van der Waals surface area contributed by atoms with Gasteiger partial charge in [-0.3, -0.25) is 4.79 Å². The van der Waals surface area contributed by atoms with E-state index in [1.165, 1.54) is 18.2 Å². The molecule has 0 fully saturated rings. The first-order chi connectivity index (χ1) is 9.49. The summed E-state index contributed by atoms with van der Waals surface area (Å²) in [5.74, 6) is -3.49. The molecular formula is C14H9ClF3NO. The molecule has 0 atom stereocenters. The van der Waals surface area contributed by atoms with Crippen LogP contribution in [-0.4, -0.2) is 5.91 Å². The number of carbonyl (C=O) groups excluding carboxylic acids is 1. The lowest BCUT2D eigenvalue weighted by Gasteiger charge is -2.08. The molecule has 0 aliphatic carbocycles. The molecule has 0 spiro atoms. The number of rotatable bonds is 3. The van der Waals surface area contributed by atoms with Crippen molar-refractivity contribution in [2.24, 2.45) is 0 Å². The predicted octanol–water partition coefficient (Wildman–Crippen LogP) is 3.69. The lowest BCUT2D eigenvalue weighted by Crippen LogP contribution is -2.24. The van der Waals surface area contributed by atoms with E-state index in [9.17, 15) is 18.0 Å². The second-order valence-corrected chi connectivity index (χ2v) is 4.43. The van der Waals surface area contributed by atoms with Crippen LogP contribution < -0.4 is 5.32 Å². The molecule has 2 nitrogen and oxygen atoms in total. The second kappa shape index (κ2) is 5.96. The first-order valence-electron chi connectivity index (χ1n) is 5.65. The number of hydrogen-bond acceptors (Lipinski definition) is 1. The number of halogens is 4. The summed E-state index contributed by atoms with van der Waals surface area (Å²) in [6.07, 6.45) is 0. The third-order valence-electron chi connectivity index (χ3n) is 2.65. The van der Waals surface area contributed by atoms with Gasteiger partial charge >= 0.3 is 0 Å². The minimum Gasteiger partial charge on any atom is -0.348 e. The van der Waals surface area contributed by atoms with Gasteiger partial charge in [-0.1, -0.05) is 29.8 Å². The predicted molar refractivity (Wildman–Crippen MR) is 68.9 cm³/mol. The van der Waals surface area contributed by atoms with E-state index in [0.717, 1.165) is 6.07 Å². The minimum atomic E-state index is -1.18. The zero-order valence-electron chi connectivity index (χ0n) is 10.1. The summed E-state index contributed by atoms with van der Waals surface area (Å²) in [6.45, 7) is -0.0825. The van der Waals surface area contributed by atoms with Gasteiger partial charge in [0.25, 0.3) is 5.91 Å². The maximum Gasteiger partial charge on any atom is 0.253 e. The topological polar surface area (TPSA) is 29.1 Å². The van der Waals surface area contributed by atoms with E-state index in [2.05, 4.69) is 5.32 Å². The zero-order valence-corrected chi connectivity index (χ0v) is 10.8. The van der Waals surface area contributed by atoms with Crippen molar-refractivity contribution in [1.29, 1.82) is 0 Å². The fourth-order valence-corrected chi connectivity index (χ4v) is 1.85. The Kier molecular flexibility index (Phi) is 4.29. The molecule has 0 aliphatic heterocycles. The van der Waals surface area contributed by atoms with E-state index in [-0.39, 0.29) is 22.7 Å². The summed E-state index contributed by atoms with van der Waals surface area (Å²) < 4.78 is 39.3. The number of amides is 1. The van der Waals surface area contributed by atoms with Crippen molar-refractivity contribution in [1.82, 2.24) is 5.32 Å². The Morgan fingerprint density at radius 1 is 1.05 bits per heavy atom. The van der Waals surface area contributed by atoms with Gasteiger partial charge in [0, 0.05) is 12.1 Å². The van der Waals surface area contributed by atoms with Gasteiger partial charge in [0.1, 0.15) is 5.82 Å². The smallest absolute Gasteiger partial charge is 0.253 e. The molecule has 104 valence electrons. The molecule has 0 aliphatic rings. The molecule has 6 heteroatoms. The molecule has 0 radical (unpaired) electrons. The van der Waals surface area contributed by atoms with E-state index < -0.39 is 23.4 Å². The average molecular weight is 300 g/mol. The molecule has 0 saturated heterocycles. The third kappa shape index (κ3) is 3.11. The van der Waals surface area contributed by atoms with Crippen molar-refractivity contribution in [2.75, 3.05) is 0 Å². The Labute approximate surface area is 118 Å². The fourth-order valence-electron chi connectivity index (χ4n) is 1.61. The highest BCUT2D eigenvalue weighted by Crippen LogP contribution is 2.20. The lowest BCUT2D eigenvalue weighted by molar-refractivity contribution is 0.0950. The molecule has 0 saturated carbocycles. The van der Waals surface area contributed by atoms with Gasteiger partial charge in [0.2, 0.25) is 0 Å². The van der Waals surface area contributed by atoms with Crippen LogP contribution in [0.2, 0.25) is 5.02 Å². The van der Waals surface area contributed by atoms with E-state index in [1.807, 2.05) is 0 Å². The second-order valence-electron chi connectivity index (χ2n) is 4.02. The lowest BCUT2D eigenvalue weighted by atomic mass is 10.1. The van der Waals surface area contributed by atoms with Gasteiger partial charge in [-0.05, 0) is 18.2 Å². The van der Waals surface area contributed by atoms with Crippen LogP contribution in [0.15, 0.2) is 36.4 Å². The van der Waals surface area contributed by atoms with Crippen LogP contribution in [0.25, 0.3) is 0 Å². The zero-order chi connectivity index (χ0) is 14.7. The molecule has 0 aromatic heterocycles. The van der Waals surface area contributed by atoms with Crippen LogP contribution in [0.5, 0.6) is 0 Å². The average Bonchev–Trinajstić information content (AvgIpc) is 2.41. The maximum atomic E-state index is 13.4. The minimum absolute atomic E-state index is 0.0825. The first kappa shape index (κ1) is 14.4. The standard InChI is InChI=1S/C14H9ClF3NO/c15-10-6-13(18)12(17)5-9(10)14(20)19-7-8-3-1-2-4-11(8)16/h1-6H,7H2,(H,19,20). The maximum absolute atomic E-state index is 13.4. The van der Waals surface area contributed by atoms with Gasteiger partial charge in [-0.15, -0.1) is 0 Å². The Morgan fingerprint density at radius 2 is 1.70 bits per heavy atom. The van der Waals surface area contributed by atoms with Crippen molar-refractivity contribution < 1.29 is 18.0 Å². The SMILES string of the molecule is O=C(NCc1ccccc1F)c1cc(F)c(F)cc1Cl. The fraction of sp³-hybridized carbons (Fsp3) is 0.0714. The van der Waals surface area contributed by atoms with E-state index in [0.29, 0.717) is 6.07 Å². The summed E-state index contributed by atoms with van der Waals surface area (Å²) in [6, 6.07) is 7.32.